The van der Waals surface area contributed by atoms with Crippen LogP contribution in [-0.2, 0) is 4.79 Å². The standard InChI is InChI=1S/C14H19N3O2/c1-9(15-2)13(18)17-12-6-4-3-5-11(12)14(19)16-10-7-8-10/h3-6,9-10,15H,7-8H2,1-2H3,(H,16,19)(H,17,18). The summed E-state index contributed by atoms with van der Waals surface area (Å²) in [5, 5.41) is 8.56. The third-order valence-electron chi connectivity index (χ3n) is 3.17. The fourth-order valence-electron chi connectivity index (χ4n) is 1.65. The van der Waals surface area contributed by atoms with Gasteiger partial charge in [-0.3, -0.25) is 9.59 Å². The summed E-state index contributed by atoms with van der Waals surface area (Å²) >= 11 is 0. The Hall–Kier alpha value is -1.88. The van der Waals surface area contributed by atoms with Crippen molar-refractivity contribution in [3.05, 3.63) is 29.8 Å². The van der Waals surface area contributed by atoms with Crippen molar-refractivity contribution < 1.29 is 9.59 Å². The quantitative estimate of drug-likeness (QED) is 0.744. The first-order chi connectivity index (χ1) is 9.11. The molecule has 1 atom stereocenters. The molecule has 1 fully saturated rings. The second-order valence-electron chi connectivity index (χ2n) is 4.79. The SMILES string of the molecule is CNC(C)C(=O)Nc1ccccc1C(=O)NC1CC1. The minimum absolute atomic E-state index is 0.129. The second-order valence-corrected chi connectivity index (χ2v) is 4.79. The number of carbonyl (C=O) groups excluding carboxylic acids is 2. The van der Waals surface area contributed by atoms with E-state index in [0.717, 1.165) is 12.8 Å². The van der Waals surface area contributed by atoms with Crippen LogP contribution in [0.1, 0.15) is 30.1 Å². The number of benzene rings is 1. The van der Waals surface area contributed by atoms with Gasteiger partial charge in [0.1, 0.15) is 0 Å². The molecule has 1 saturated carbocycles. The van der Waals surface area contributed by atoms with E-state index in [9.17, 15) is 9.59 Å². The zero-order valence-corrected chi connectivity index (χ0v) is 11.2. The Morgan fingerprint density at radius 1 is 1.26 bits per heavy atom. The topological polar surface area (TPSA) is 70.2 Å². The van der Waals surface area contributed by atoms with Crippen LogP contribution in [-0.4, -0.2) is 30.9 Å². The van der Waals surface area contributed by atoms with Crippen LogP contribution in [0.2, 0.25) is 0 Å². The molecule has 0 heterocycles. The van der Waals surface area contributed by atoms with Gasteiger partial charge in [0, 0.05) is 6.04 Å². The number of para-hydroxylation sites is 1. The molecular formula is C14H19N3O2. The Morgan fingerprint density at radius 3 is 2.58 bits per heavy atom. The fourth-order valence-corrected chi connectivity index (χ4v) is 1.65. The monoisotopic (exact) mass is 261 g/mol. The van der Waals surface area contributed by atoms with Gasteiger partial charge in [0.05, 0.1) is 17.3 Å². The highest BCUT2D eigenvalue weighted by Gasteiger charge is 2.25. The summed E-state index contributed by atoms with van der Waals surface area (Å²) in [4.78, 5) is 23.9. The Balaban J connectivity index is 2.11. The normalized spacial score (nSPS) is 15.7. The maximum absolute atomic E-state index is 12.1. The minimum atomic E-state index is -0.306. The van der Waals surface area contributed by atoms with Gasteiger partial charge in [-0.15, -0.1) is 0 Å². The summed E-state index contributed by atoms with van der Waals surface area (Å²) in [6.07, 6.45) is 2.08. The van der Waals surface area contributed by atoms with Crippen molar-refractivity contribution in [3.63, 3.8) is 0 Å². The number of rotatable bonds is 5. The van der Waals surface area contributed by atoms with Crippen LogP contribution >= 0.6 is 0 Å². The van der Waals surface area contributed by atoms with Crippen molar-refractivity contribution in [2.75, 3.05) is 12.4 Å². The average Bonchev–Trinajstić information content (AvgIpc) is 3.22. The lowest BCUT2D eigenvalue weighted by atomic mass is 10.1. The van der Waals surface area contributed by atoms with Crippen molar-refractivity contribution >= 4 is 17.5 Å². The molecule has 1 aliphatic rings. The van der Waals surface area contributed by atoms with E-state index in [2.05, 4.69) is 16.0 Å². The van der Waals surface area contributed by atoms with Gasteiger partial charge in [-0.2, -0.15) is 0 Å². The molecule has 5 heteroatoms. The Morgan fingerprint density at radius 2 is 1.95 bits per heavy atom. The third kappa shape index (κ3) is 3.54. The Kier molecular flexibility index (Phi) is 4.16. The van der Waals surface area contributed by atoms with Crippen LogP contribution in [0.25, 0.3) is 0 Å². The van der Waals surface area contributed by atoms with Crippen LogP contribution < -0.4 is 16.0 Å². The van der Waals surface area contributed by atoms with E-state index in [1.165, 1.54) is 0 Å². The number of hydrogen-bond acceptors (Lipinski definition) is 3. The highest BCUT2D eigenvalue weighted by atomic mass is 16.2. The van der Waals surface area contributed by atoms with Crippen molar-refractivity contribution in [2.45, 2.75) is 31.8 Å². The summed E-state index contributed by atoms with van der Waals surface area (Å²) in [6, 6.07) is 7.04. The van der Waals surface area contributed by atoms with Crippen LogP contribution in [0.4, 0.5) is 5.69 Å². The summed E-state index contributed by atoms with van der Waals surface area (Å²) < 4.78 is 0. The summed E-state index contributed by atoms with van der Waals surface area (Å²) in [7, 11) is 1.72. The molecule has 3 N–H and O–H groups in total. The van der Waals surface area contributed by atoms with Crippen LogP contribution in [0.5, 0.6) is 0 Å². The van der Waals surface area contributed by atoms with Gasteiger partial charge in [0.25, 0.3) is 5.91 Å². The molecule has 0 radical (unpaired) electrons. The first-order valence-corrected chi connectivity index (χ1v) is 6.50. The van der Waals surface area contributed by atoms with Gasteiger partial charge >= 0.3 is 0 Å². The molecule has 1 unspecified atom stereocenters. The van der Waals surface area contributed by atoms with Gasteiger partial charge in [-0.25, -0.2) is 0 Å². The predicted octanol–water partition coefficient (Wildman–Crippen LogP) is 1.13. The zero-order chi connectivity index (χ0) is 13.8. The molecule has 2 amide bonds. The van der Waals surface area contributed by atoms with Crippen molar-refractivity contribution in [2.24, 2.45) is 0 Å². The van der Waals surface area contributed by atoms with Gasteiger partial charge in [-0.05, 0) is 38.9 Å². The van der Waals surface area contributed by atoms with E-state index in [1.807, 2.05) is 0 Å². The van der Waals surface area contributed by atoms with Crippen LogP contribution in [0, 0.1) is 0 Å². The molecule has 0 aliphatic heterocycles. The highest BCUT2D eigenvalue weighted by Crippen LogP contribution is 2.21. The number of amides is 2. The maximum Gasteiger partial charge on any atom is 0.253 e. The molecule has 1 aromatic rings. The lowest BCUT2D eigenvalue weighted by Gasteiger charge is -2.14. The first kappa shape index (κ1) is 13.5. The lowest BCUT2D eigenvalue weighted by Crippen LogP contribution is -2.36. The van der Waals surface area contributed by atoms with E-state index < -0.39 is 0 Å². The predicted molar refractivity (Wildman–Crippen MR) is 74.1 cm³/mol. The highest BCUT2D eigenvalue weighted by molar-refractivity contribution is 6.04. The fraction of sp³-hybridized carbons (Fsp3) is 0.429. The third-order valence-corrected chi connectivity index (χ3v) is 3.17. The van der Waals surface area contributed by atoms with Crippen LogP contribution in [0.3, 0.4) is 0 Å². The smallest absolute Gasteiger partial charge is 0.253 e. The molecule has 0 spiro atoms. The number of anilines is 1. The summed E-state index contributed by atoms with van der Waals surface area (Å²) in [5.74, 6) is -0.287. The van der Waals surface area contributed by atoms with E-state index in [-0.39, 0.29) is 17.9 Å². The van der Waals surface area contributed by atoms with E-state index in [0.29, 0.717) is 17.3 Å². The molecule has 0 aromatic heterocycles. The van der Waals surface area contributed by atoms with Gasteiger partial charge in [0.15, 0.2) is 0 Å². The van der Waals surface area contributed by atoms with E-state index in [4.69, 9.17) is 0 Å². The Labute approximate surface area is 112 Å². The Bertz CT molecular complexity index is 483. The average molecular weight is 261 g/mol. The molecule has 5 nitrogen and oxygen atoms in total. The molecule has 0 bridgehead atoms. The summed E-state index contributed by atoms with van der Waals surface area (Å²) in [6.45, 7) is 1.77. The van der Waals surface area contributed by atoms with Gasteiger partial charge in [-0.1, -0.05) is 12.1 Å². The molecule has 19 heavy (non-hydrogen) atoms. The molecule has 1 aromatic carbocycles. The number of nitrogens with one attached hydrogen (secondary N) is 3. The minimum Gasteiger partial charge on any atom is -0.349 e. The van der Waals surface area contributed by atoms with E-state index in [1.54, 1.807) is 38.2 Å². The van der Waals surface area contributed by atoms with Crippen molar-refractivity contribution in [1.29, 1.82) is 0 Å². The lowest BCUT2D eigenvalue weighted by molar-refractivity contribution is -0.117. The molecule has 0 saturated heterocycles. The molecule has 102 valence electrons. The summed E-state index contributed by atoms with van der Waals surface area (Å²) in [5.41, 5.74) is 1.05. The van der Waals surface area contributed by atoms with Gasteiger partial charge in [0.2, 0.25) is 5.91 Å². The molecule has 2 rings (SSSR count). The van der Waals surface area contributed by atoms with E-state index >= 15 is 0 Å². The molecule has 1 aliphatic carbocycles. The van der Waals surface area contributed by atoms with Crippen LogP contribution in [0.15, 0.2) is 24.3 Å². The second kappa shape index (κ2) is 5.84. The van der Waals surface area contributed by atoms with Crippen molar-refractivity contribution in [3.8, 4) is 0 Å². The number of carbonyl (C=O) groups is 2. The van der Waals surface area contributed by atoms with Gasteiger partial charge < -0.3 is 16.0 Å². The number of likely N-dealkylation sites (N-methyl/N-ethyl adjacent to an activating group) is 1. The maximum atomic E-state index is 12.1. The van der Waals surface area contributed by atoms with Crippen molar-refractivity contribution in [1.82, 2.24) is 10.6 Å². The first-order valence-electron chi connectivity index (χ1n) is 6.50. The largest absolute Gasteiger partial charge is 0.349 e. The zero-order valence-electron chi connectivity index (χ0n) is 11.2. The molecular weight excluding hydrogens is 242 g/mol. The number of hydrogen-bond donors (Lipinski definition) is 3.